The first-order valence-corrected chi connectivity index (χ1v) is 7.80. The highest BCUT2D eigenvalue weighted by molar-refractivity contribution is 7.18. The molecule has 0 amide bonds. The minimum atomic E-state index is 0.556. The fourth-order valence-electron chi connectivity index (χ4n) is 2.46. The predicted octanol–water partition coefficient (Wildman–Crippen LogP) is 4.24. The molecule has 0 radical (unpaired) electrons. The fourth-order valence-corrected chi connectivity index (χ4v) is 3.75. The summed E-state index contributed by atoms with van der Waals surface area (Å²) in [6.07, 6.45) is 3.79. The molecule has 1 unspecified atom stereocenters. The van der Waals surface area contributed by atoms with Crippen LogP contribution in [0.25, 0.3) is 10.6 Å². The largest absolute Gasteiger partial charge is 0.344 e. The second-order valence-corrected chi connectivity index (χ2v) is 6.27. The van der Waals surface area contributed by atoms with Gasteiger partial charge in [0.25, 0.3) is 0 Å². The molecule has 100 valence electrons. The Balaban J connectivity index is 1.89. The van der Waals surface area contributed by atoms with Crippen LogP contribution in [0.5, 0.6) is 0 Å². The summed E-state index contributed by atoms with van der Waals surface area (Å²) in [5, 5.41) is 11.3. The summed E-state index contributed by atoms with van der Waals surface area (Å²) in [4.78, 5) is 2.36. The molecule has 1 aromatic carbocycles. The molecule has 19 heavy (non-hydrogen) atoms. The summed E-state index contributed by atoms with van der Waals surface area (Å²) in [5.74, 6) is 0. The number of rotatable bonds is 2. The van der Waals surface area contributed by atoms with Crippen molar-refractivity contribution in [3.63, 3.8) is 0 Å². The molecule has 0 spiro atoms. The van der Waals surface area contributed by atoms with Crippen LogP contribution < -0.4 is 4.90 Å². The molecule has 1 atom stereocenters. The van der Waals surface area contributed by atoms with Crippen LogP contribution in [0, 0.1) is 0 Å². The molecule has 1 aromatic heterocycles. The molecule has 0 saturated carbocycles. The van der Waals surface area contributed by atoms with Gasteiger partial charge in [0, 0.05) is 18.2 Å². The molecule has 2 heterocycles. The maximum atomic E-state index is 6.21. The Bertz CT molecular complexity index is 569. The van der Waals surface area contributed by atoms with Crippen molar-refractivity contribution < 1.29 is 0 Å². The van der Waals surface area contributed by atoms with Crippen molar-refractivity contribution in [2.45, 2.75) is 32.2 Å². The van der Waals surface area contributed by atoms with Gasteiger partial charge in [-0.25, -0.2) is 0 Å². The molecule has 5 heteroatoms. The number of hydrogen-bond donors (Lipinski definition) is 0. The number of nitrogens with zero attached hydrogens (tertiary/aromatic N) is 3. The third-order valence-electron chi connectivity index (χ3n) is 3.57. The van der Waals surface area contributed by atoms with E-state index in [0.717, 1.165) is 27.3 Å². The molecule has 2 aromatic rings. The zero-order chi connectivity index (χ0) is 13.2. The summed E-state index contributed by atoms with van der Waals surface area (Å²) in [5.41, 5.74) is 0.970. The monoisotopic (exact) mass is 293 g/mol. The number of aromatic nitrogens is 2. The van der Waals surface area contributed by atoms with Gasteiger partial charge in [0.2, 0.25) is 5.13 Å². The summed E-state index contributed by atoms with van der Waals surface area (Å²) in [7, 11) is 0. The lowest BCUT2D eigenvalue weighted by Crippen LogP contribution is -2.37. The SMILES string of the molecule is CC1CCCCN1c1nnc(-c2ccccc2Cl)s1. The van der Waals surface area contributed by atoms with Crippen molar-refractivity contribution >= 4 is 28.1 Å². The van der Waals surface area contributed by atoms with E-state index in [1.54, 1.807) is 11.3 Å². The van der Waals surface area contributed by atoms with Crippen LogP contribution >= 0.6 is 22.9 Å². The lowest BCUT2D eigenvalue weighted by molar-refractivity contribution is 0.483. The van der Waals surface area contributed by atoms with Crippen LogP contribution in [-0.2, 0) is 0 Å². The Morgan fingerprint density at radius 1 is 1.26 bits per heavy atom. The molecule has 1 aliphatic rings. The fraction of sp³-hybridized carbons (Fsp3) is 0.429. The molecule has 3 nitrogen and oxygen atoms in total. The van der Waals surface area contributed by atoms with Gasteiger partial charge in [0.05, 0.1) is 5.02 Å². The van der Waals surface area contributed by atoms with E-state index in [1.807, 2.05) is 24.3 Å². The standard InChI is InChI=1S/C14H16ClN3S/c1-10-6-4-5-9-18(10)14-17-16-13(19-14)11-7-2-3-8-12(11)15/h2-3,7-8,10H,4-6,9H2,1H3. The van der Waals surface area contributed by atoms with Crippen LogP contribution in [0.15, 0.2) is 24.3 Å². The summed E-state index contributed by atoms with van der Waals surface area (Å²) in [6.45, 7) is 3.34. The van der Waals surface area contributed by atoms with Gasteiger partial charge in [-0.05, 0) is 32.3 Å². The summed E-state index contributed by atoms with van der Waals surface area (Å²) < 4.78 is 0. The van der Waals surface area contributed by atoms with Gasteiger partial charge in [-0.1, -0.05) is 41.1 Å². The second kappa shape index (κ2) is 5.47. The molecule has 0 aliphatic carbocycles. The average Bonchev–Trinajstić information content (AvgIpc) is 2.89. The Kier molecular flexibility index (Phi) is 3.71. The topological polar surface area (TPSA) is 29.0 Å². The van der Waals surface area contributed by atoms with Gasteiger partial charge in [0.1, 0.15) is 0 Å². The van der Waals surface area contributed by atoms with E-state index in [-0.39, 0.29) is 0 Å². The first-order chi connectivity index (χ1) is 9.25. The minimum Gasteiger partial charge on any atom is -0.344 e. The highest BCUT2D eigenvalue weighted by Gasteiger charge is 2.22. The van der Waals surface area contributed by atoms with Gasteiger partial charge in [-0.2, -0.15) is 0 Å². The Morgan fingerprint density at radius 2 is 2.11 bits per heavy atom. The molecular formula is C14H16ClN3S. The third-order valence-corrected chi connectivity index (χ3v) is 4.89. The van der Waals surface area contributed by atoms with Crippen LogP contribution in [0.4, 0.5) is 5.13 Å². The highest BCUT2D eigenvalue weighted by Crippen LogP contribution is 2.34. The summed E-state index contributed by atoms with van der Waals surface area (Å²) >= 11 is 7.84. The Labute approximate surface area is 122 Å². The number of benzene rings is 1. The van der Waals surface area contributed by atoms with E-state index < -0.39 is 0 Å². The second-order valence-electron chi connectivity index (χ2n) is 4.91. The van der Waals surface area contributed by atoms with E-state index >= 15 is 0 Å². The maximum Gasteiger partial charge on any atom is 0.208 e. The van der Waals surface area contributed by atoms with Gasteiger partial charge < -0.3 is 4.90 Å². The smallest absolute Gasteiger partial charge is 0.208 e. The number of hydrogen-bond acceptors (Lipinski definition) is 4. The van der Waals surface area contributed by atoms with Crippen molar-refractivity contribution in [3.8, 4) is 10.6 Å². The quantitative estimate of drug-likeness (QED) is 0.829. The Hall–Kier alpha value is -1.13. The molecule has 0 bridgehead atoms. The van der Waals surface area contributed by atoms with Crippen LogP contribution in [0.1, 0.15) is 26.2 Å². The van der Waals surface area contributed by atoms with Gasteiger partial charge >= 0.3 is 0 Å². The van der Waals surface area contributed by atoms with E-state index in [1.165, 1.54) is 19.3 Å². The summed E-state index contributed by atoms with van der Waals surface area (Å²) in [6, 6.07) is 8.35. The average molecular weight is 294 g/mol. The van der Waals surface area contributed by atoms with Crippen molar-refractivity contribution in [2.24, 2.45) is 0 Å². The predicted molar refractivity (Wildman–Crippen MR) is 81.0 cm³/mol. The van der Waals surface area contributed by atoms with Crippen molar-refractivity contribution in [1.82, 2.24) is 10.2 Å². The third kappa shape index (κ3) is 2.60. The van der Waals surface area contributed by atoms with Crippen LogP contribution in [0.2, 0.25) is 5.02 Å². The Morgan fingerprint density at radius 3 is 2.89 bits per heavy atom. The number of anilines is 1. The number of halogens is 1. The van der Waals surface area contributed by atoms with Crippen molar-refractivity contribution in [2.75, 3.05) is 11.4 Å². The molecule has 0 N–H and O–H groups in total. The molecule has 1 aliphatic heterocycles. The molecule has 3 rings (SSSR count). The lowest BCUT2D eigenvalue weighted by Gasteiger charge is -2.32. The lowest BCUT2D eigenvalue weighted by atomic mass is 10.1. The van der Waals surface area contributed by atoms with E-state index in [9.17, 15) is 0 Å². The zero-order valence-corrected chi connectivity index (χ0v) is 12.4. The maximum absolute atomic E-state index is 6.21. The van der Waals surface area contributed by atoms with Crippen molar-refractivity contribution in [3.05, 3.63) is 29.3 Å². The normalized spacial score (nSPS) is 19.7. The zero-order valence-electron chi connectivity index (χ0n) is 10.8. The first-order valence-electron chi connectivity index (χ1n) is 6.61. The molecule has 1 fully saturated rings. The van der Waals surface area contributed by atoms with Gasteiger partial charge in [-0.3, -0.25) is 0 Å². The van der Waals surface area contributed by atoms with E-state index in [4.69, 9.17) is 11.6 Å². The molecule has 1 saturated heterocycles. The van der Waals surface area contributed by atoms with Crippen LogP contribution in [0.3, 0.4) is 0 Å². The minimum absolute atomic E-state index is 0.556. The van der Waals surface area contributed by atoms with Gasteiger partial charge in [0.15, 0.2) is 5.01 Å². The van der Waals surface area contributed by atoms with Gasteiger partial charge in [-0.15, -0.1) is 10.2 Å². The highest BCUT2D eigenvalue weighted by atomic mass is 35.5. The van der Waals surface area contributed by atoms with Crippen molar-refractivity contribution in [1.29, 1.82) is 0 Å². The van der Waals surface area contributed by atoms with E-state index in [2.05, 4.69) is 22.0 Å². The van der Waals surface area contributed by atoms with E-state index in [0.29, 0.717) is 6.04 Å². The first kappa shape index (κ1) is 12.9. The molecular weight excluding hydrogens is 278 g/mol. The number of piperidine rings is 1. The van der Waals surface area contributed by atoms with Crippen LogP contribution in [-0.4, -0.2) is 22.8 Å².